The molecule has 0 aliphatic heterocycles. The number of nitrogens with zero attached hydrogens (tertiary/aromatic N) is 3. The summed E-state index contributed by atoms with van der Waals surface area (Å²) in [5, 5.41) is 0. The minimum atomic E-state index is -1.35. The summed E-state index contributed by atoms with van der Waals surface area (Å²) in [6.07, 6.45) is 0.607. The van der Waals surface area contributed by atoms with Gasteiger partial charge in [0, 0.05) is 12.7 Å². The van der Waals surface area contributed by atoms with Crippen molar-refractivity contribution in [3.8, 4) is 0 Å². The molecule has 0 aromatic heterocycles. The number of rotatable bonds is 5. The molecule has 114 valence electrons. The highest BCUT2D eigenvalue weighted by atomic mass is 16.5. The van der Waals surface area contributed by atoms with E-state index in [4.69, 9.17) is 5.53 Å². The van der Waals surface area contributed by atoms with Crippen molar-refractivity contribution >= 4 is 29.1 Å². The number of para-hydroxylation sites is 1. The number of carbonyl (C=O) groups is 3. The van der Waals surface area contributed by atoms with Crippen LogP contribution in [0.25, 0.3) is 5.53 Å². The van der Waals surface area contributed by atoms with E-state index in [1.165, 1.54) is 4.90 Å². The van der Waals surface area contributed by atoms with Crippen LogP contribution in [0.4, 0.5) is 5.69 Å². The molecule has 1 aromatic carbocycles. The monoisotopic (exact) mass is 301 g/mol. The molecule has 22 heavy (non-hydrogen) atoms. The van der Waals surface area contributed by atoms with Gasteiger partial charge in [0.15, 0.2) is 0 Å². The third-order valence-electron chi connectivity index (χ3n) is 3.74. The fourth-order valence-electron chi connectivity index (χ4n) is 2.26. The van der Waals surface area contributed by atoms with E-state index in [0.29, 0.717) is 18.5 Å². The van der Waals surface area contributed by atoms with Gasteiger partial charge >= 0.3 is 11.7 Å². The quantitative estimate of drug-likeness (QED) is 0.264. The Morgan fingerprint density at radius 1 is 1.23 bits per heavy atom. The topological polar surface area (TPSA) is 100 Å². The van der Waals surface area contributed by atoms with Gasteiger partial charge in [-0.3, -0.25) is 9.59 Å². The fraction of sp³-hybridized carbons (Fsp3) is 0.333. The highest BCUT2D eigenvalue weighted by Gasteiger charge is 2.62. The first-order chi connectivity index (χ1) is 10.5. The first kappa shape index (κ1) is 15.6. The van der Waals surface area contributed by atoms with Crippen molar-refractivity contribution in [2.45, 2.75) is 12.8 Å². The molecule has 0 unspecified atom stereocenters. The van der Waals surface area contributed by atoms with Gasteiger partial charge in [-0.15, -0.1) is 0 Å². The highest BCUT2D eigenvalue weighted by Crippen LogP contribution is 2.48. The van der Waals surface area contributed by atoms with Crippen molar-refractivity contribution < 1.29 is 23.9 Å². The van der Waals surface area contributed by atoms with E-state index >= 15 is 0 Å². The number of hydrogen-bond acceptors (Lipinski definition) is 4. The minimum Gasteiger partial charge on any atom is -0.460 e. The van der Waals surface area contributed by atoms with Crippen molar-refractivity contribution in [1.29, 1.82) is 0 Å². The van der Waals surface area contributed by atoms with Crippen LogP contribution in [0.5, 0.6) is 0 Å². The Morgan fingerprint density at radius 3 is 2.27 bits per heavy atom. The van der Waals surface area contributed by atoms with Crippen LogP contribution in [0.15, 0.2) is 30.3 Å². The van der Waals surface area contributed by atoms with Crippen LogP contribution in [-0.2, 0) is 19.1 Å². The molecule has 0 radical (unpaired) electrons. The van der Waals surface area contributed by atoms with E-state index in [9.17, 15) is 14.4 Å². The van der Waals surface area contributed by atoms with Crippen LogP contribution in [0.3, 0.4) is 0 Å². The van der Waals surface area contributed by atoms with Crippen LogP contribution in [0.2, 0.25) is 0 Å². The zero-order valence-corrected chi connectivity index (χ0v) is 12.3. The maximum absolute atomic E-state index is 12.6. The maximum atomic E-state index is 12.6. The normalized spacial score (nSPS) is 14.5. The SMILES string of the molecule is COC(=O)C(=[N+]=[N-])C(=O)C1(C(=O)N(C)c2ccccc2)CC1. The van der Waals surface area contributed by atoms with E-state index in [0.717, 1.165) is 7.11 Å². The average molecular weight is 301 g/mol. The van der Waals surface area contributed by atoms with Gasteiger partial charge in [-0.05, 0) is 25.0 Å². The first-order valence-electron chi connectivity index (χ1n) is 6.66. The average Bonchev–Trinajstić information content (AvgIpc) is 3.36. The van der Waals surface area contributed by atoms with Gasteiger partial charge in [0.25, 0.3) is 5.78 Å². The van der Waals surface area contributed by atoms with Gasteiger partial charge in [-0.2, -0.15) is 4.79 Å². The summed E-state index contributed by atoms with van der Waals surface area (Å²) in [7, 11) is 2.62. The number of hydrogen-bond donors (Lipinski definition) is 0. The second-order valence-electron chi connectivity index (χ2n) is 5.05. The number of amides is 1. The standard InChI is InChI=1S/C15H15N3O4/c1-18(10-6-4-3-5-7-10)14(21)15(8-9-15)12(19)11(17-16)13(20)22-2/h3-7H,8-9H2,1-2H3. The summed E-state index contributed by atoms with van der Waals surface area (Å²) in [6, 6.07) is 8.83. The number of Topliss-reactive ketones (excluding diaryl/α,β-unsaturated/α-hetero) is 1. The lowest BCUT2D eigenvalue weighted by Crippen LogP contribution is -2.43. The molecule has 1 aliphatic rings. The number of methoxy groups -OCH3 is 1. The Balaban J connectivity index is 2.28. The van der Waals surface area contributed by atoms with Crippen LogP contribution in [0.1, 0.15) is 12.8 Å². The molecule has 0 heterocycles. The third kappa shape index (κ3) is 2.54. The molecule has 1 amide bonds. The smallest absolute Gasteiger partial charge is 0.442 e. The third-order valence-corrected chi connectivity index (χ3v) is 3.74. The molecule has 0 bridgehead atoms. The van der Waals surface area contributed by atoms with Gasteiger partial charge in [-0.25, -0.2) is 4.79 Å². The van der Waals surface area contributed by atoms with Crippen molar-refractivity contribution in [1.82, 2.24) is 0 Å². The molecule has 0 atom stereocenters. The maximum Gasteiger partial charge on any atom is 0.442 e. The van der Waals surface area contributed by atoms with Crippen LogP contribution < -0.4 is 4.90 Å². The van der Waals surface area contributed by atoms with E-state index in [1.54, 1.807) is 31.3 Å². The number of carbonyl (C=O) groups excluding carboxylic acids is 3. The zero-order valence-electron chi connectivity index (χ0n) is 12.3. The van der Waals surface area contributed by atoms with Gasteiger partial charge < -0.3 is 15.2 Å². The number of ether oxygens (including phenoxy) is 1. The molecule has 0 N–H and O–H groups in total. The van der Waals surface area contributed by atoms with E-state index in [-0.39, 0.29) is 0 Å². The van der Waals surface area contributed by atoms with Gasteiger partial charge in [-0.1, -0.05) is 18.2 Å². The lowest BCUT2D eigenvalue weighted by molar-refractivity contribution is -0.141. The first-order valence-corrected chi connectivity index (χ1v) is 6.66. The van der Waals surface area contributed by atoms with Crippen molar-refractivity contribution in [3.05, 3.63) is 35.9 Å². The van der Waals surface area contributed by atoms with Gasteiger partial charge in [0.1, 0.15) is 5.41 Å². The molecular formula is C15H15N3O4. The van der Waals surface area contributed by atoms with Crippen LogP contribution in [0, 0.1) is 5.41 Å². The molecule has 0 spiro atoms. The van der Waals surface area contributed by atoms with Crippen molar-refractivity contribution in [2.75, 3.05) is 19.1 Å². The van der Waals surface area contributed by atoms with Gasteiger partial charge in [0.05, 0.1) is 7.11 Å². The second kappa shape index (κ2) is 5.91. The van der Waals surface area contributed by atoms with E-state index in [2.05, 4.69) is 9.53 Å². The summed E-state index contributed by atoms with van der Waals surface area (Å²) in [5.74, 6) is -2.31. The summed E-state index contributed by atoms with van der Waals surface area (Å²) < 4.78 is 4.40. The van der Waals surface area contributed by atoms with Crippen LogP contribution >= 0.6 is 0 Å². The second-order valence-corrected chi connectivity index (χ2v) is 5.05. The zero-order chi connectivity index (χ0) is 16.3. The lowest BCUT2D eigenvalue weighted by atomic mass is 9.95. The molecule has 7 nitrogen and oxygen atoms in total. The van der Waals surface area contributed by atoms with Gasteiger partial charge in [0.2, 0.25) is 5.91 Å². The summed E-state index contributed by atoms with van der Waals surface area (Å²) in [5.41, 5.74) is 7.40. The summed E-state index contributed by atoms with van der Waals surface area (Å²) in [6.45, 7) is 0. The Labute approximate surface area is 127 Å². The Kier molecular flexibility index (Phi) is 4.19. The van der Waals surface area contributed by atoms with E-state index < -0.39 is 28.8 Å². The molecule has 1 fully saturated rings. The minimum absolute atomic E-state index is 0.303. The number of benzene rings is 1. The predicted octanol–water partition coefficient (Wildman–Crippen LogP) is 0.842. The number of anilines is 1. The highest BCUT2D eigenvalue weighted by molar-refractivity contribution is 6.65. The Hall–Kier alpha value is -2.79. The van der Waals surface area contributed by atoms with Crippen molar-refractivity contribution in [3.63, 3.8) is 0 Å². The Morgan fingerprint density at radius 2 is 1.82 bits per heavy atom. The van der Waals surface area contributed by atoms with Crippen LogP contribution in [-0.4, -0.2) is 42.3 Å². The molecular weight excluding hydrogens is 286 g/mol. The molecule has 7 heteroatoms. The predicted molar refractivity (Wildman–Crippen MR) is 77.2 cm³/mol. The lowest BCUT2D eigenvalue weighted by Gasteiger charge is -2.21. The summed E-state index contributed by atoms with van der Waals surface area (Å²) >= 11 is 0. The summed E-state index contributed by atoms with van der Waals surface area (Å²) in [4.78, 5) is 40.5. The van der Waals surface area contributed by atoms with Crippen molar-refractivity contribution in [2.24, 2.45) is 5.41 Å². The fourth-order valence-corrected chi connectivity index (χ4v) is 2.26. The molecule has 1 saturated carbocycles. The molecule has 2 rings (SSSR count). The Bertz CT molecular complexity index is 673. The molecule has 1 aromatic rings. The van der Waals surface area contributed by atoms with E-state index in [1.807, 2.05) is 6.07 Å². The number of ketones is 1. The molecule has 0 saturated heterocycles. The largest absolute Gasteiger partial charge is 0.460 e. The number of esters is 1. The molecule has 1 aliphatic carbocycles.